The van der Waals surface area contributed by atoms with E-state index in [0.717, 1.165) is 19.3 Å². The van der Waals surface area contributed by atoms with Crippen LogP contribution in [0.2, 0.25) is 0 Å². The number of hydrogen-bond acceptors (Lipinski definition) is 10. The maximum Gasteiger partial charge on any atom is 0.343 e. The van der Waals surface area contributed by atoms with E-state index in [2.05, 4.69) is 27.3 Å². The number of benzene rings is 1. The van der Waals surface area contributed by atoms with Crippen LogP contribution in [0, 0.1) is 12.8 Å². The fourth-order valence-electron chi connectivity index (χ4n) is 5.55. The highest BCUT2D eigenvalue weighted by molar-refractivity contribution is 7.98. The smallest absolute Gasteiger partial charge is 0.343 e. The number of aromatic nitrogens is 4. The van der Waals surface area contributed by atoms with E-state index in [1.54, 1.807) is 37.3 Å². The van der Waals surface area contributed by atoms with Gasteiger partial charge in [-0.15, -0.1) is 0 Å². The van der Waals surface area contributed by atoms with E-state index in [4.69, 9.17) is 4.74 Å². The fraction of sp³-hybridized carbons (Fsp3) is 0.560. The van der Waals surface area contributed by atoms with Crippen LogP contribution in [0.3, 0.4) is 0 Å². The van der Waals surface area contributed by atoms with Gasteiger partial charge in [0.2, 0.25) is 0 Å². The highest BCUT2D eigenvalue weighted by Gasteiger charge is 2.49. The molecule has 0 radical (unpaired) electrons. The normalized spacial score (nSPS) is 28.2. The Morgan fingerprint density at radius 2 is 1.88 bits per heavy atom. The Kier molecular flexibility index (Phi) is 8.05. The summed E-state index contributed by atoms with van der Waals surface area (Å²) in [5.74, 6) is 0.589. The van der Waals surface area contributed by atoms with E-state index in [9.17, 15) is 33.0 Å². The molecule has 0 amide bonds. The Bertz CT molecular complexity index is 1510. The molecule has 2 fully saturated rings. The maximum atomic E-state index is 13.3. The lowest BCUT2D eigenvalue weighted by Gasteiger charge is -2.22. The predicted molar refractivity (Wildman–Crippen MR) is 146 cm³/mol. The molecule has 0 spiro atoms. The monoisotopic (exact) mass is 595 g/mol. The van der Waals surface area contributed by atoms with E-state index in [0.29, 0.717) is 34.2 Å². The molecule has 3 aromatic rings. The summed E-state index contributed by atoms with van der Waals surface area (Å²) in [5.41, 5.74) is 0.761. The first-order valence-electron chi connectivity index (χ1n) is 13.2. The van der Waals surface area contributed by atoms with Gasteiger partial charge in [0.1, 0.15) is 30.0 Å². The summed E-state index contributed by atoms with van der Waals surface area (Å²) >= 11 is 0. The summed E-state index contributed by atoms with van der Waals surface area (Å²) < 4.78 is 45.8. The van der Waals surface area contributed by atoms with Crippen molar-refractivity contribution in [1.29, 1.82) is 0 Å². The standard InChI is InChI=1S/C25H34N5O8PS/c1-14-7-6-10-18(14)29-23-17-12-26-30(24(17)28-15(2)27-23)25-22(32)21(31)19(38-25)13-40(36,37)20(39(33,34)35)11-16-8-4-3-5-9-16/h3-5,8-9,12,14,18-22,25,31-32H,6-7,10-11,13H2,1-2H3,(H,27,28,29)(H2,33,34,35)/t14?,18?,19-,20?,21-,22-,25-/m1/s1. The number of sulfone groups is 1. The largest absolute Gasteiger partial charge is 0.387 e. The van der Waals surface area contributed by atoms with Crippen LogP contribution >= 0.6 is 7.60 Å². The average molecular weight is 596 g/mol. The third-order valence-corrected chi connectivity index (χ3v) is 12.3. The topological polar surface area (TPSA) is 197 Å². The molecule has 40 heavy (non-hydrogen) atoms. The molecule has 1 aliphatic carbocycles. The Balaban J connectivity index is 1.40. The molecule has 1 aromatic carbocycles. The van der Waals surface area contributed by atoms with Gasteiger partial charge in [0.25, 0.3) is 0 Å². The summed E-state index contributed by atoms with van der Waals surface area (Å²) in [6.07, 6.45) is -1.65. The average Bonchev–Trinajstić information content (AvgIpc) is 3.56. The van der Waals surface area contributed by atoms with Gasteiger partial charge in [-0.1, -0.05) is 43.7 Å². The third-order valence-electron chi connectivity index (χ3n) is 7.77. The van der Waals surface area contributed by atoms with E-state index in [1.807, 2.05) is 0 Å². The summed E-state index contributed by atoms with van der Waals surface area (Å²) in [6.45, 7) is 3.89. The van der Waals surface area contributed by atoms with Gasteiger partial charge in [-0.25, -0.2) is 23.1 Å². The van der Waals surface area contributed by atoms with Gasteiger partial charge in [-0.3, -0.25) is 4.57 Å². The number of aryl methyl sites for hydroxylation is 1. The Labute approximate surface area is 231 Å². The van der Waals surface area contributed by atoms with E-state index in [-0.39, 0.29) is 6.04 Å². The number of anilines is 1. The second kappa shape index (κ2) is 11.1. The first-order valence-corrected chi connectivity index (χ1v) is 16.6. The zero-order chi connectivity index (χ0) is 28.8. The lowest BCUT2D eigenvalue weighted by molar-refractivity contribution is -0.0365. The zero-order valence-electron chi connectivity index (χ0n) is 22.1. The van der Waals surface area contributed by atoms with Gasteiger partial charge in [-0.05, 0) is 31.2 Å². The van der Waals surface area contributed by atoms with Gasteiger partial charge in [-0.2, -0.15) is 5.10 Å². The van der Waals surface area contributed by atoms with Crippen LogP contribution in [0.1, 0.15) is 43.8 Å². The molecule has 15 heteroatoms. The summed E-state index contributed by atoms with van der Waals surface area (Å²) in [4.78, 5) is 26.8. The minimum atomic E-state index is -5.11. The lowest BCUT2D eigenvalue weighted by atomic mass is 10.1. The van der Waals surface area contributed by atoms with Gasteiger partial charge >= 0.3 is 7.60 Å². The van der Waals surface area contributed by atoms with Crippen molar-refractivity contribution in [3.05, 3.63) is 47.9 Å². The fourth-order valence-corrected chi connectivity index (χ4v) is 9.33. The van der Waals surface area contributed by atoms with Gasteiger partial charge in [0, 0.05) is 12.5 Å². The zero-order valence-corrected chi connectivity index (χ0v) is 23.8. The first kappa shape index (κ1) is 29.1. The van der Waals surface area contributed by atoms with Crippen molar-refractivity contribution in [3.8, 4) is 0 Å². The van der Waals surface area contributed by atoms with Crippen LogP contribution in [-0.2, 0) is 25.6 Å². The van der Waals surface area contributed by atoms with E-state index < -0.39 is 59.1 Å². The maximum absolute atomic E-state index is 13.3. The molecule has 3 heterocycles. The van der Waals surface area contributed by atoms with Crippen molar-refractivity contribution >= 4 is 34.3 Å². The molecule has 1 saturated heterocycles. The molecule has 218 valence electrons. The lowest BCUT2D eigenvalue weighted by Crippen LogP contribution is -2.38. The number of ether oxygens (including phenoxy) is 1. The van der Waals surface area contributed by atoms with Gasteiger partial charge < -0.3 is 30.1 Å². The highest BCUT2D eigenvalue weighted by atomic mass is 32.2. The van der Waals surface area contributed by atoms with Crippen molar-refractivity contribution in [3.63, 3.8) is 0 Å². The van der Waals surface area contributed by atoms with Crippen LogP contribution in [0.4, 0.5) is 5.82 Å². The number of aliphatic hydroxyl groups is 2. The number of nitrogens with one attached hydrogen (secondary N) is 1. The molecule has 1 saturated carbocycles. The van der Waals surface area contributed by atoms with E-state index >= 15 is 0 Å². The molecule has 3 unspecified atom stereocenters. The number of rotatable bonds is 9. The molecular formula is C25H34N5O8PS. The molecule has 7 atom stereocenters. The van der Waals surface area contributed by atoms with Crippen molar-refractivity contribution in [2.24, 2.45) is 5.92 Å². The number of nitrogens with zero attached hydrogens (tertiary/aromatic N) is 4. The van der Waals surface area contributed by atoms with Gasteiger partial charge in [0.15, 0.2) is 26.7 Å². The van der Waals surface area contributed by atoms with Crippen LogP contribution in [-0.4, -0.2) is 83.3 Å². The van der Waals surface area contributed by atoms with Crippen molar-refractivity contribution in [1.82, 2.24) is 19.7 Å². The SMILES string of the molecule is Cc1nc(NC2CCCC2C)c2cnn([C@@H]3O[C@H](CS(=O)(=O)C(Cc4ccccc4)P(=O)(O)O)[C@@H](O)[C@H]3O)c2n1. The third kappa shape index (κ3) is 5.80. The predicted octanol–water partition coefficient (Wildman–Crippen LogP) is 1.52. The Morgan fingerprint density at radius 3 is 2.52 bits per heavy atom. The molecule has 0 bridgehead atoms. The molecule has 5 N–H and O–H groups in total. The molecule has 13 nitrogen and oxygen atoms in total. The summed E-state index contributed by atoms with van der Waals surface area (Å²) in [6, 6.07) is 8.36. The first-order chi connectivity index (χ1) is 18.8. The molecule has 2 aromatic heterocycles. The minimum absolute atomic E-state index is 0.239. The number of fused-ring (bicyclic) bond motifs is 1. The molecule has 2 aliphatic rings. The van der Waals surface area contributed by atoms with Crippen LogP contribution < -0.4 is 5.32 Å². The Hall–Kier alpha value is -2.45. The van der Waals surface area contributed by atoms with Crippen LogP contribution in [0.25, 0.3) is 11.0 Å². The van der Waals surface area contributed by atoms with Crippen molar-refractivity contribution in [2.75, 3.05) is 11.1 Å². The molecule has 5 rings (SSSR count). The van der Waals surface area contributed by atoms with E-state index in [1.165, 1.54) is 10.9 Å². The van der Waals surface area contributed by atoms with Gasteiger partial charge in [0.05, 0.1) is 17.3 Å². The van der Waals surface area contributed by atoms with Crippen molar-refractivity contribution in [2.45, 2.75) is 75.1 Å². The van der Waals surface area contributed by atoms with Crippen LogP contribution in [0.5, 0.6) is 0 Å². The summed E-state index contributed by atoms with van der Waals surface area (Å²) in [5, 5.41) is 30.0. The molecule has 1 aliphatic heterocycles. The molecular weight excluding hydrogens is 561 g/mol. The van der Waals surface area contributed by atoms with Crippen LogP contribution in [0.15, 0.2) is 36.5 Å². The van der Waals surface area contributed by atoms with Crippen molar-refractivity contribution < 1.29 is 37.7 Å². The summed E-state index contributed by atoms with van der Waals surface area (Å²) in [7, 11) is -9.62. The Morgan fingerprint density at radius 1 is 1.15 bits per heavy atom. The number of aliphatic hydroxyl groups excluding tert-OH is 2. The quantitative estimate of drug-likeness (QED) is 0.224. The second-order valence-electron chi connectivity index (χ2n) is 10.7. The second-order valence-corrected chi connectivity index (χ2v) is 15.1. The highest BCUT2D eigenvalue weighted by Crippen LogP contribution is 2.47. The minimum Gasteiger partial charge on any atom is -0.387 e. The number of hydrogen-bond donors (Lipinski definition) is 5.